The molecule has 1 aromatic heterocycles. The molecule has 104 valence electrons. The van der Waals surface area contributed by atoms with Gasteiger partial charge in [-0.15, -0.1) is 11.3 Å². The van der Waals surface area contributed by atoms with E-state index in [1.54, 1.807) is 12.3 Å². The zero-order valence-corrected chi connectivity index (χ0v) is 11.5. The van der Waals surface area contributed by atoms with Crippen molar-refractivity contribution in [2.24, 2.45) is 0 Å². The highest BCUT2D eigenvalue weighted by atomic mass is 32.1. The number of urea groups is 1. The van der Waals surface area contributed by atoms with Crippen LogP contribution in [0.1, 0.15) is 17.6 Å². The number of esters is 1. The number of aryl methyl sites for hydroxylation is 1. The molecule has 0 aliphatic heterocycles. The van der Waals surface area contributed by atoms with Crippen LogP contribution in [-0.4, -0.2) is 36.0 Å². The molecule has 0 unspecified atom stereocenters. The highest BCUT2D eigenvalue weighted by Crippen LogP contribution is 2.08. The highest BCUT2D eigenvalue weighted by Gasteiger charge is 2.12. The van der Waals surface area contributed by atoms with Crippen LogP contribution in [-0.2, 0) is 20.7 Å². The maximum absolute atomic E-state index is 11.4. The van der Waals surface area contributed by atoms with Crippen molar-refractivity contribution in [3.63, 3.8) is 0 Å². The van der Waals surface area contributed by atoms with Gasteiger partial charge in [0.25, 0.3) is 5.91 Å². The lowest BCUT2D eigenvalue weighted by atomic mass is 10.3. The van der Waals surface area contributed by atoms with Crippen LogP contribution in [0.5, 0.6) is 0 Å². The van der Waals surface area contributed by atoms with Crippen molar-refractivity contribution in [1.82, 2.24) is 15.6 Å². The summed E-state index contributed by atoms with van der Waals surface area (Å²) in [5.74, 6) is -1.23. The van der Waals surface area contributed by atoms with Crippen molar-refractivity contribution in [3.05, 3.63) is 16.1 Å². The lowest BCUT2D eigenvalue weighted by Crippen LogP contribution is -2.41. The summed E-state index contributed by atoms with van der Waals surface area (Å²) < 4.78 is 4.73. The van der Waals surface area contributed by atoms with Crippen LogP contribution in [0.2, 0.25) is 0 Å². The van der Waals surface area contributed by atoms with Crippen molar-refractivity contribution >= 4 is 29.2 Å². The summed E-state index contributed by atoms with van der Waals surface area (Å²) in [4.78, 5) is 37.7. The zero-order valence-electron chi connectivity index (χ0n) is 10.7. The number of carbonyl (C=O) groups is 3. The van der Waals surface area contributed by atoms with Crippen LogP contribution in [0.25, 0.3) is 0 Å². The molecule has 0 atom stereocenters. The number of amides is 3. The van der Waals surface area contributed by atoms with E-state index in [0.29, 0.717) is 12.2 Å². The van der Waals surface area contributed by atoms with Gasteiger partial charge in [-0.05, 0) is 13.8 Å². The molecule has 0 aromatic carbocycles. The number of nitrogens with one attached hydrogen (secondary N) is 2. The molecule has 0 bridgehead atoms. The Morgan fingerprint density at radius 1 is 1.42 bits per heavy atom. The average Bonchev–Trinajstić information content (AvgIpc) is 2.72. The molecule has 1 heterocycles. The first-order valence-electron chi connectivity index (χ1n) is 5.65. The molecule has 0 saturated carbocycles. The normalized spacial score (nSPS) is 9.79. The number of hydrogen-bond acceptors (Lipinski definition) is 6. The molecule has 3 amide bonds. The SMILES string of the molecule is CCNC(=O)NC(=O)COC(=O)Cc1csc(C)n1. The van der Waals surface area contributed by atoms with E-state index in [9.17, 15) is 14.4 Å². The molecule has 2 N–H and O–H groups in total. The quantitative estimate of drug-likeness (QED) is 0.762. The minimum absolute atomic E-state index is 0.0127. The third-order valence-corrected chi connectivity index (χ3v) is 2.77. The third-order valence-electron chi connectivity index (χ3n) is 1.95. The second-order valence-electron chi connectivity index (χ2n) is 3.60. The Bertz CT molecular complexity index is 472. The maximum Gasteiger partial charge on any atom is 0.321 e. The molecule has 1 rings (SSSR count). The topological polar surface area (TPSA) is 97.4 Å². The molecular weight excluding hydrogens is 270 g/mol. The van der Waals surface area contributed by atoms with Crippen LogP contribution in [0.3, 0.4) is 0 Å². The first kappa shape index (κ1) is 15.1. The number of aromatic nitrogens is 1. The highest BCUT2D eigenvalue weighted by molar-refractivity contribution is 7.09. The van der Waals surface area contributed by atoms with Gasteiger partial charge in [0, 0.05) is 11.9 Å². The number of thiazole rings is 1. The molecule has 0 spiro atoms. The van der Waals surface area contributed by atoms with Crippen molar-refractivity contribution in [3.8, 4) is 0 Å². The number of ether oxygens (including phenoxy) is 1. The standard InChI is InChI=1S/C11H15N3O4S/c1-3-12-11(17)14-9(15)5-18-10(16)4-8-6-19-7(2)13-8/h6H,3-5H2,1-2H3,(H2,12,14,15,17). The summed E-state index contributed by atoms with van der Waals surface area (Å²) in [6.07, 6.45) is 0.0127. The van der Waals surface area contributed by atoms with Crippen molar-refractivity contribution in [2.45, 2.75) is 20.3 Å². The monoisotopic (exact) mass is 285 g/mol. The molecule has 7 nitrogen and oxygen atoms in total. The van der Waals surface area contributed by atoms with E-state index in [0.717, 1.165) is 5.01 Å². The Balaban J connectivity index is 2.26. The second-order valence-corrected chi connectivity index (χ2v) is 4.67. The Kier molecular flexibility index (Phi) is 5.94. The summed E-state index contributed by atoms with van der Waals surface area (Å²) in [5, 5.41) is 7.02. The van der Waals surface area contributed by atoms with E-state index in [-0.39, 0.29) is 6.42 Å². The fourth-order valence-electron chi connectivity index (χ4n) is 1.20. The minimum Gasteiger partial charge on any atom is -0.455 e. The first-order chi connectivity index (χ1) is 9.01. The number of carbonyl (C=O) groups excluding carboxylic acids is 3. The summed E-state index contributed by atoms with van der Waals surface area (Å²) in [5.41, 5.74) is 0.608. The van der Waals surface area contributed by atoms with Gasteiger partial charge in [-0.25, -0.2) is 9.78 Å². The van der Waals surface area contributed by atoms with Gasteiger partial charge in [0.05, 0.1) is 17.1 Å². The Labute approximate surface area is 114 Å². The largest absolute Gasteiger partial charge is 0.455 e. The summed E-state index contributed by atoms with van der Waals surface area (Å²) in [6, 6.07) is -0.612. The smallest absolute Gasteiger partial charge is 0.321 e. The molecule has 8 heteroatoms. The van der Waals surface area contributed by atoms with Gasteiger partial charge < -0.3 is 10.1 Å². The second kappa shape index (κ2) is 7.47. The van der Waals surface area contributed by atoms with Gasteiger partial charge in [-0.1, -0.05) is 0 Å². The maximum atomic E-state index is 11.4. The van der Waals surface area contributed by atoms with Crippen LogP contribution in [0.4, 0.5) is 4.79 Å². The lowest BCUT2D eigenvalue weighted by Gasteiger charge is -2.05. The van der Waals surface area contributed by atoms with Crippen LogP contribution >= 0.6 is 11.3 Å². The van der Waals surface area contributed by atoms with Crippen LogP contribution in [0.15, 0.2) is 5.38 Å². The van der Waals surface area contributed by atoms with Gasteiger partial charge >= 0.3 is 12.0 Å². The first-order valence-corrected chi connectivity index (χ1v) is 6.53. The van der Waals surface area contributed by atoms with E-state index < -0.39 is 24.5 Å². The average molecular weight is 285 g/mol. The molecule has 19 heavy (non-hydrogen) atoms. The summed E-state index contributed by atoms with van der Waals surface area (Å²) in [7, 11) is 0. The Hall–Kier alpha value is -1.96. The lowest BCUT2D eigenvalue weighted by molar-refractivity contribution is -0.147. The molecule has 0 saturated heterocycles. The van der Waals surface area contributed by atoms with Crippen molar-refractivity contribution < 1.29 is 19.1 Å². The Morgan fingerprint density at radius 3 is 2.74 bits per heavy atom. The van der Waals surface area contributed by atoms with Gasteiger partial charge in [-0.3, -0.25) is 14.9 Å². The van der Waals surface area contributed by atoms with Gasteiger partial charge in [0.1, 0.15) is 0 Å². The van der Waals surface area contributed by atoms with Gasteiger partial charge in [0.2, 0.25) is 0 Å². The molecule has 0 fully saturated rings. The minimum atomic E-state index is -0.672. The van der Waals surface area contributed by atoms with E-state index in [4.69, 9.17) is 4.74 Å². The molecular formula is C11H15N3O4S. The predicted molar refractivity (Wildman–Crippen MR) is 68.7 cm³/mol. The van der Waals surface area contributed by atoms with Crippen molar-refractivity contribution in [1.29, 1.82) is 0 Å². The third kappa shape index (κ3) is 5.96. The fourth-order valence-corrected chi connectivity index (χ4v) is 1.81. The van der Waals surface area contributed by atoms with E-state index in [1.807, 2.05) is 12.2 Å². The summed E-state index contributed by atoms with van der Waals surface area (Å²) in [6.45, 7) is 3.47. The predicted octanol–water partition coefficient (Wildman–Crippen LogP) is 0.383. The van der Waals surface area contributed by atoms with Crippen LogP contribution < -0.4 is 10.6 Å². The molecule has 1 aromatic rings. The van der Waals surface area contributed by atoms with E-state index >= 15 is 0 Å². The Morgan fingerprint density at radius 2 is 2.16 bits per heavy atom. The fraction of sp³-hybridized carbons (Fsp3) is 0.455. The molecule has 0 radical (unpaired) electrons. The number of rotatable bonds is 5. The van der Waals surface area contributed by atoms with Crippen molar-refractivity contribution in [2.75, 3.05) is 13.2 Å². The zero-order chi connectivity index (χ0) is 14.3. The molecule has 0 aliphatic rings. The van der Waals surface area contributed by atoms with E-state index in [1.165, 1.54) is 11.3 Å². The van der Waals surface area contributed by atoms with Gasteiger partial charge in [-0.2, -0.15) is 0 Å². The van der Waals surface area contributed by atoms with E-state index in [2.05, 4.69) is 10.3 Å². The summed E-state index contributed by atoms with van der Waals surface area (Å²) >= 11 is 1.43. The van der Waals surface area contributed by atoms with Gasteiger partial charge in [0.15, 0.2) is 6.61 Å². The number of hydrogen-bond donors (Lipinski definition) is 2. The number of nitrogens with zero attached hydrogens (tertiary/aromatic N) is 1. The molecule has 0 aliphatic carbocycles. The van der Waals surface area contributed by atoms with Crippen LogP contribution in [0, 0.1) is 6.92 Å². The number of imide groups is 1.